The second-order valence-electron chi connectivity index (χ2n) is 6.51. The monoisotopic (exact) mass is 357 g/mol. The molecule has 1 N–H and O–H groups in total. The molecular formula is C23H19NO3. The molecule has 0 fully saturated rings. The quantitative estimate of drug-likeness (QED) is 0.696. The van der Waals surface area contributed by atoms with Gasteiger partial charge in [-0.2, -0.15) is 0 Å². The summed E-state index contributed by atoms with van der Waals surface area (Å²) < 4.78 is 4.88. The third-order valence-corrected chi connectivity index (χ3v) is 4.96. The van der Waals surface area contributed by atoms with Gasteiger partial charge in [-0.25, -0.2) is 4.79 Å². The zero-order valence-corrected chi connectivity index (χ0v) is 14.9. The summed E-state index contributed by atoms with van der Waals surface area (Å²) >= 11 is 0. The van der Waals surface area contributed by atoms with Crippen LogP contribution in [-0.4, -0.2) is 18.9 Å². The van der Waals surface area contributed by atoms with Crippen LogP contribution in [0.1, 0.15) is 43.8 Å². The Morgan fingerprint density at radius 1 is 0.852 bits per heavy atom. The summed E-state index contributed by atoms with van der Waals surface area (Å²) in [6.45, 7) is 0. The molecule has 2 unspecified atom stereocenters. The van der Waals surface area contributed by atoms with Gasteiger partial charge in [0.05, 0.1) is 30.2 Å². The Bertz CT molecular complexity index is 983. The number of carbonyl (C=O) groups is 2. The van der Waals surface area contributed by atoms with Crippen molar-refractivity contribution in [1.29, 1.82) is 0 Å². The van der Waals surface area contributed by atoms with Crippen molar-refractivity contribution in [3.63, 3.8) is 0 Å². The normalized spacial score (nSPS) is 18.3. The summed E-state index contributed by atoms with van der Waals surface area (Å²) in [5, 5.41) is 3.48. The highest BCUT2D eigenvalue weighted by Crippen LogP contribution is 2.43. The third-order valence-electron chi connectivity index (χ3n) is 4.96. The number of hydrogen-bond acceptors (Lipinski definition) is 4. The summed E-state index contributed by atoms with van der Waals surface area (Å²) in [4.78, 5) is 25.8. The van der Waals surface area contributed by atoms with E-state index in [9.17, 15) is 9.59 Å². The van der Waals surface area contributed by atoms with Crippen LogP contribution >= 0.6 is 0 Å². The second-order valence-corrected chi connectivity index (χ2v) is 6.51. The summed E-state index contributed by atoms with van der Waals surface area (Å²) in [7, 11) is 1.32. The zero-order chi connectivity index (χ0) is 18.8. The molecule has 4 heteroatoms. The van der Waals surface area contributed by atoms with Crippen molar-refractivity contribution in [2.45, 2.75) is 12.0 Å². The number of rotatable bonds is 3. The van der Waals surface area contributed by atoms with Gasteiger partial charge in [-0.1, -0.05) is 66.7 Å². The van der Waals surface area contributed by atoms with E-state index in [1.807, 2.05) is 66.7 Å². The third kappa shape index (κ3) is 2.99. The summed E-state index contributed by atoms with van der Waals surface area (Å²) in [5.74, 6) is -1.02. The van der Waals surface area contributed by atoms with Crippen LogP contribution in [0.3, 0.4) is 0 Å². The lowest BCUT2D eigenvalue weighted by Crippen LogP contribution is -2.33. The Kier molecular flexibility index (Phi) is 4.47. The number of carbonyl (C=O) groups excluding carboxylic acids is 2. The molecule has 1 heterocycles. The fraction of sp³-hybridized carbons (Fsp3) is 0.130. The standard InChI is InChI=1S/C23H19NO3/c1-27-23(26)17-13-8-14-18-20(17)22(25)19(15-9-4-2-5-10-15)21(24-18)16-11-6-3-7-12-16/h2-14,19,21,24H,1H3. The van der Waals surface area contributed by atoms with Gasteiger partial charge < -0.3 is 10.1 Å². The number of benzene rings is 3. The molecule has 0 aromatic heterocycles. The van der Waals surface area contributed by atoms with Crippen molar-refractivity contribution in [3.05, 3.63) is 101 Å². The number of nitrogens with one attached hydrogen (secondary N) is 1. The van der Waals surface area contributed by atoms with E-state index in [0.29, 0.717) is 16.8 Å². The largest absolute Gasteiger partial charge is 0.465 e. The van der Waals surface area contributed by atoms with E-state index < -0.39 is 11.9 Å². The van der Waals surface area contributed by atoms with Crippen LogP contribution in [0.15, 0.2) is 78.9 Å². The Morgan fingerprint density at radius 2 is 1.48 bits per heavy atom. The molecule has 3 aromatic rings. The van der Waals surface area contributed by atoms with Gasteiger partial charge in [0.15, 0.2) is 5.78 Å². The molecule has 0 saturated carbocycles. The predicted octanol–water partition coefficient (Wildman–Crippen LogP) is 4.61. The molecule has 0 amide bonds. The van der Waals surface area contributed by atoms with Crippen LogP contribution in [0, 0.1) is 0 Å². The fourth-order valence-electron chi connectivity index (χ4n) is 3.72. The zero-order valence-electron chi connectivity index (χ0n) is 14.9. The molecule has 0 radical (unpaired) electrons. The van der Waals surface area contributed by atoms with Crippen molar-refractivity contribution >= 4 is 17.4 Å². The smallest absolute Gasteiger partial charge is 0.338 e. The predicted molar refractivity (Wildman–Crippen MR) is 104 cm³/mol. The maximum atomic E-state index is 13.6. The minimum absolute atomic E-state index is 0.0789. The van der Waals surface area contributed by atoms with Crippen LogP contribution in [0.5, 0.6) is 0 Å². The molecule has 134 valence electrons. The van der Waals surface area contributed by atoms with Crippen molar-refractivity contribution < 1.29 is 14.3 Å². The van der Waals surface area contributed by atoms with Gasteiger partial charge in [0.25, 0.3) is 0 Å². The molecule has 27 heavy (non-hydrogen) atoms. The number of fused-ring (bicyclic) bond motifs is 1. The number of ether oxygens (including phenoxy) is 1. The Hall–Kier alpha value is -3.40. The highest BCUT2D eigenvalue weighted by atomic mass is 16.5. The SMILES string of the molecule is COC(=O)c1cccc2c1C(=O)C(c1ccccc1)C(c1ccccc1)N2. The summed E-state index contributed by atoms with van der Waals surface area (Å²) in [6.07, 6.45) is 0. The summed E-state index contributed by atoms with van der Waals surface area (Å²) in [6, 6.07) is 24.6. The van der Waals surface area contributed by atoms with Crippen LogP contribution < -0.4 is 5.32 Å². The van der Waals surface area contributed by atoms with Gasteiger partial charge in [-0.05, 0) is 23.3 Å². The molecule has 0 aliphatic carbocycles. The molecular weight excluding hydrogens is 338 g/mol. The summed E-state index contributed by atoms with van der Waals surface area (Å²) in [5.41, 5.74) is 3.28. The molecule has 1 aliphatic heterocycles. The van der Waals surface area contributed by atoms with Crippen molar-refractivity contribution in [2.24, 2.45) is 0 Å². The minimum Gasteiger partial charge on any atom is -0.465 e. The van der Waals surface area contributed by atoms with Gasteiger partial charge in [0, 0.05) is 5.69 Å². The molecule has 0 spiro atoms. The number of hydrogen-bond donors (Lipinski definition) is 1. The molecule has 2 atom stereocenters. The number of ketones is 1. The van der Waals surface area contributed by atoms with Gasteiger partial charge in [-0.3, -0.25) is 4.79 Å². The first kappa shape index (κ1) is 17.0. The number of Topliss-reactive ketones (excluding diaryl/α,β-unsaturated/α-hetero) is 1. The van der Waals surface area contributed by atoms with E-state index in [2.05, 4.69) is 5.32 Å². The van der Waals surface area contributed by atoms with E-state index in [0.717, 1.165) is 11.1 Å². The van der Waals surface area contributed by atoms with Crippen LogP contribution in [-0.2, 0) is 4.74 Å². The molecule has 4 rings (SSSR count). The van der Waals surface area contributed by atoms with E-state index in [1.165, 1.54) is 7.11 Å². The number of anilines is 1. The highest BCUT2D eigenvalue weighted by molar-refractivity contribution is 6.14. The van der Waals surface area contributed by atoms with Crippen LogP contribution in [0.4, 0.5) is 5.69 Å². The van der Waals surface area contributed by atoms with E-state index in [-0.39, 0.29) is 11.8 Å². The number of methoxy groups -OCH3 is 1. The van der Waals surface area contributed by atoms with Crippen LogP contribution in [0.2, 0.25) is 0 Å². The Balaban J connectivity index is 1.90. The van der Waals surface area contributed by atoms with Gasteiger partial charge >= 0.3 is 5.97 Å². The second kappa shape index (κ2) is 7.08. The van der Waals surface area contributed by atoms with E-state index in [4.69, 9.17) is 4.74 Å². The lowest BCUT2D eigenvalue weighted by atomic mass is 9.77. The average molecular weight is 357 g/mol. The van der Waals surface area contributed by atoms with E-state index in [1.54, 1.807) is 12.1 Å². The van der Waals surface area contributed by atoms with Gasteiger partial charge in [0.1, 0.15) is 0 Å². The van der Waals surface area contributed by atoms with Gasteiger partial charge in [0.2, 0.25) is 0 Å². The minimum atomic E-state index is -0.507. The fourth-order valence-corrected chi connectivity index (χ4v) is 3.72. The lowest BCUT2D eigenvalue weighted by molar-refractivity contribution is 0.0596. The maximum Gasteiger partial charge on any atom is 0.338 e. The Labute approximate surface area is 157 Å². The molecule has 0 saturated heterocycles. The highest BCUT2D eigenvalue weighted by Gasteiger charge is 2.39. The molecule has 0 bridgehead atoms. The molecule has 1 aliphatic rings. The first-order valence-electron chi connectivity index (χ1n) is 8.82. The Morgan fingerprint density at radius 3 is 2.11 bits per heavy atom. The topological polar surface area (TPSA) is 55.4 Å². The van der Waals surface area contributed by atoms with Crippen molar-refractivity contribution in [3.8, 4) is 0 Å². The first-order chi connectivity index (χ1) is 13.2. The first-order valence-corrected chi connectivity index (χ1v) is 8.82. The van der Waals surface area contributed by atoms with Crippen LogP contribution in [0.25, 0.3) is 0 Å². The molecule has 3 aromatic carbocycles. The van der Waals surface area contributed by atoms with Crippen molar-refractivity contribution in [2.75, 3.05) is 12.4 Å². The van der Waals surface area contributed by atoms with Crippen molar-refractivity contribution in [1.82, 2.24) is 0 Å². The maximum absolute atomic E-state index is 13.6. The van der Waals surface area contributed by atoms with E-state index >= 15 is 0 Å². The van der Waals surface area contributed by atoms with Gasteiger partial charge in [-0.15, -0.1) is 0 Å². The number of esters is 1. The average Bonchev–Trinajstić information content (AvgIpc) is 2.73. The lowest BCUT2D eigenvalue weighted by Gasteiger charge is -2.35. The molecule has 4 nitrogen and oxygen atoms in total.